The van der Waals surface area contributed by atoms with E-state index in [4.69, 9.17) is 4.74 Å². The Labute approximate surface area is 126 Å². The third-order valence-electron chi connectivity index (χ3n) is 3.37. The number of rotatable bonds is 5. The summed E-state index contributed by atoms with van der Waals surface area (Å²) in [6, 6.07) is 0.440. The fourth-order valence-corrected chi connectivity index (χ4v) is 2.47. The van der Waals surface area contributed by atoms with Crippen molar-refractivity contribution in [3.8, 4) is 0 Å². The Bertz CT molecular complexity index is 447. The molecule has 0 radical (unpaired) electrons. The minimum absolute atomic E-state index is 0.0102. The van der Waals surface area contributed by atoms with Crippen LogP contribution < -0.4 is 10.2 Å². The molecule has 2 rings (SSSR count). The number of nitrogens with one attached hydrogen (secondary N) is 1. The van der Waals surface area contributed by atoms with Gasteiger partial charge < -0.3 is 20.1 Å². The van der Waals surface area contributed by atoms with Gasteiger partial charge in [-0.05, 0) is 13.8 Å². The van der Waals surface area contributed by atoms with Gasteiger partial charge in [0.1, 0.15) is 0 Å². The quantitative estimate of drug-likeness (QED) is 0.842. The molecule has 6 nitrogen and oxygen atoms in total. The normalized spacial score (nSPS) is 21.8. The fraction of sp³-hybridized carbons (Fsp3) is 0.733. The molecule has 1 aliphatic rings. The van der Waals surface area contributed by atoms with Crippen LogP contribution in [-0.2, 0) is 11.3 Å². The number of aliphatic hydroxyl groups excluding tert-OH is 1. The highest BCUT2D eigenvalue weighted by molar-refractivity contribution is 5.32. The summed E-state index contributed by atoms with van der Waals surface area (Å²) in [5, 5.41) is 12.7. The van der Waals surface area contributed by atoms with Crippen molar-refractivity contribution in [3.63, 3.8) is 0 Å². The molecule has 1 aliphatic heterocycles. The van der Waals surface area contributed by atoms with E-state index >= 15 is 0 Å². The van der Waals surface area contributed by atoms with Crippen molar-refractivity contribution in [2.45, 2.75) is 52.0 Å². The topological polar surface area (TPSA) is 70.5 Å². The van der Waals surface area contributed by atoms with Crippen molar-refractivity contribution in [3.05, 3.63) is 18.0 Å². The van der Waals surface area contributed by atoms with E-state index in [-0.39, 0.29) is 18.3 Å². The van der Waals surface area contributed by atoms with E-state index in [1.165, 1.54) is 0 Å². The molecule has 1 aromatic heterocycles. The first-order valence-corrected chi connectivity index (χ1v) is 7.47. The molecule has 0 bridgehead atoms. The Morgan fingerprint density at radius 1 is 1.43 bits per heavy atom. The van der Waals surface area contributed by atoms with Gasteiger partial charge in [-0.25, -0.2) is 9.97 Å². The van der Waals surface area contributed by atoms with Gasteiger partial charge in [0.25, 0.3) is 0 Å². The standard InChI is InChI=1S/C15H26N4O2/c1-11(2)16-5-12-6-17-14(18-7-12)19-8-13(9-20)21-15(3,4)10-19/h6-7,11,13,16,20H,5,8-10H2,1-4H3. The molecule has 0 aliphatic carbocycles. The molecule has 1 fully saturated rings. The van der Waals surface area contributed by atoms with E-state index in [2.05, 4.69) is 34.0 Å². The molecule has 1 aromatic rings. The van der Waals surface area contributed by atoms with Gasteiger partial charge in [-0.15, -0.1) is 0 Å². The van der Waals surface area contributed by atoms with Crippen molar-refractivity contribution in [2.75, 3.05) is 24.6 Å². The van der Waals surface area contributed by atoms with E-state index < -0.39 is 0 Å². The molecule has 1 unspecified atom stereocenters. The molecule has 1 saturated heterocycles. The maximum Gasteiger partial charge on any atom is 0.225 e. The van der Waals surface area contributed by atoms with Crippen LogP contribution in [0.3, 0.4) is 0 Å². The average Bonchev–Trinajstić information content (AvgIpc) is 2.44. The molecule has 0 spiro atoms. The van der Waals surface area contributed by atoms with Crippen LogP contribution in [-0.4, -0.2) is 52.5 Å². The molecule has 0 saturated carbocycles. The highest BCUT2D eigenvalue weighted by Gasteiger charge is 2.34. The molecule has 2 heterocycles. The van der Waals surface area contributed by atoms with Gasteiger partial charge in [-0.2, -0.15) is 0 Å². The van der Waals surface area contributed by atoms with Gasteiger partial charge in [0, 0.05) is 43.6 Å². The van der Waals surface area contributed by atoms with Crippen LogP contribution in [0.15, 0.2) is 12.4 Å². The number of ether oxygens (including phenoxy) is 1. The van der Waals surface area contributed by atoms with Crippen LogP contribution in [0.5, 0.6) is 0 Å². The zero-order valence-electron chi connectivity index (χ0n) is 13.3. The van der Waals surface area contributed by atoms with E-state index in [0.29, 0.717) is 25.1 Å². The molecule has 0 amide bonds. The molecule has 2 N–H and O–H groups in total. The minimum Gasteiger partial charge on any atom is -0.394 e. The summed E-state index contributed by atoms with van der Waals surface area (Å²) >= 11 is 0. The van der Waals surface area contributed by atoms with Crippen molar-refractivity contribution in [1.29, 1.82) is 0 Å². The Morgan fingerprint density at radius 2 is 2.10 bits per heavy atom. The first kappa shape index (κ1) is 16.1. The van der Waals surface area contributed by atoms with E-state index in [1.807, 2.05) is 26.2 Å². The van der Waals surface area contributed by atoms with Crippen LogP contribution in [0.4, 0.5) is 5.95 Å². The van der Waals surface area contributed by atoms with Gasteiger partial charge in [-0.1, -0.05) is 13.8 Å². The summed E-state index contributed by atoms with van der Waals surface area (Å²) in [5.41, 5.74) is 0.756. The number of nitrogens with zero attached hydrogens (tertiary/aromatic N) is 3. The molecule has 118 valence electrons. The summed E-state index contributed by atoms with van der Waals surface area (Å²) in [6.45, 7) is 10.4. The summed E-state index contributed by atoms with van der Waals surface area (Å²) in [6.07, 6.45) is 3.52. The van der Waals surface area contributed by atoms with E-state index in [1.54, 1.807) is 0 Å². The van der Waals surface area contributed by atoms with Gasteiger partial charge in [0.05, 0.1) is 18.3 Å². The summed E-state index contributed by atoms with van der Waals surface area (Å²) in [5.74, 6) is 0.693. The Morgan fingerprint density at radius 3 is 2.67 bits per heavy atom. The lowest BCUT2D eigenvalue weighted by atomic mass is 10.1. The summed E-state index contributed by atoms with van der Waals surface area (Å²) < 4.78 is 5.81. The first-order chi connectivity index (χ1) is 9.89. The number of anilines is 1. The minimum atomic E-state index is -0.313. The first-order valence-electron chi connectivity index (χ1n) is 7.47. The number of hydrogen-bond donors (Lipinski definition) is 2. The van der Waals surface area contributed by atoms with E-state index in [0.717, 1.165) is 12.1 Å². The summed E-state index contributed by atoms with van der Waals surface area (Å²) in [4.78, 5) is 11.0. The molecule has 21 heavy (non-hydrogen) atoms. The monoisotopic (exact) mass is 294 g/mol. The molecule has 6 heteroatoms. The zero-order chi connectivity index (χ0) is 15.5. The van der Waals surface area contributed by atoms with Gasteiger partial charge >= 0.3 is 0 Å². The number of hydrogen-bond acceptors (Lipinski definition) is 6. The SMILES string of the molecule is CC(C)NCc1cnc(N2CC(CO)OC(C)(C)C2)nc1. The number of aromatic nitrogens is 2. The smallest absolute Gasteiger partial charge is 0.225 e. The lowest BCUT2D eigenvalue weighted by Crippen LogP contribution is -2.54. The molecular formula is C15H26N4O2. The maximum atomic E-state index is 9.35. The van der Waals surface area contributed by atoms with Crippen molar-refractivity contribution < 1.29 is 9.84 Å². The maximum absolute atomic E-state index is 9.35. The Hall–Kier alpha value is -1.24. The van der Waals surface area contributed by atoms with Gasteiger partial charge in [0.2, 0.25) is 5.95 Å². The lowest BCUT2D eigenvalue weighted by Gasteiger charge is -2.42. The van der Waals surface area contributed by atoms with Gasteiger partial charge in [-0.3, -0.25) is 0 Å². The fourth-order valence-electron chi connectivity index (χ4n) is 2.47. The third-order valence-corrected chi connectivity index (χ3v) is 3.37. The van der Waals surface area contributed by atoms with E-state index in [9.17, 15) is 5.11 Å². The Balaban J connectivity index is 2.03. The van der Waals surface area contributed by atoms with Crippen LogP contribution in [0.25, 0.3) is 0 Å². The van der Waals surface area contributed by atoms with Crippen LogP contribution in [0, 0.1) is 0 Å². The Kier molecular flexibility index (Phi) is 5.13. The zero-order valence-corrected chi connectivity index (χ0v) is 13.3. The second kappa shape index (κ2) is 6.68. The number of aliphatic hydroxyl groups is 1. The predicted octanol–water partition coefficient (Wildman–Crippen LogP) is 0.951. The number of morpholine rings is 1. The highest BCUT2D eigenvalue weighted by Crippen LogP contribution is 2.23. The van der Waals surface area contributed by atoms with Crippen molar-refractivity contribution in [2.24, 2.45) is 0 Å². The third kappa shape index (κ3) is 4.62. The largest absolute Gasteiger partial charge is 0.394 e. The van der Waals surface area contributed by atoms with Gasteiger partial charge in [0.15, 0.2) is 0 Å². The molecule has 1 atom stereocenters. The molecular weight excluding hydrogens is 268 g/mol. The van der Waals surface area contributed by atoms with Crippen LogP contribution in [0.2, 0.25) is 0 Å². The van der Waals surface area contributed by atoms with Crippen molar-refractivity contribution in [1.82, 2.24) is 15.3 Å². The highest BCUT2D eigenvalue weighted by atomic mass is 16.5. The van der Waals surface area contributed by atoms with Crippen LogP contribution in [0.1, 0.15) is 33.3 Å². The van der Waals surface area contributed by atoms with Crippen molar-refractivity contribution >= 4 is 5.95 Å². The molecule has 0 aromatic carbocycles. The average molecular weight is 294 g/mol. The summed E-state index contributed by atoms with van der Waals surface area (Å²) in [7, 11) is 0. The second-order valence-electron chi connectivity index (χ2n) is 6.49. The predicted molar refractivity (Wildman–Crippen MR) is 82.3 cm³/mol. The van der Waals surface area contributed by atoms with Crippen LogP contribution >= 0.6 is 0 Å². The second-order valence-corrected chi connectivity index (χ2v) is 6.49. The lowest BCUT2D eigenvalue weighted by molar-refractivity contribution is -0.101.